The monoisotopic (exact) mass is 842 g/mol. The molecular formula is C46H58N6Ni2O2-2. The smallest absolute Gasteiger partial charge is 0.120 e. The molecule has 2 radical (unpaired) electrons. The molecule has 8 nitrogen and oxygen atoms in total. The number of benzene rings is 4. The zero-order valence-corrected chi connectivity index (χ0v) is 37.9. The van der Waals surface area contributed by atoms with E-state index in [0.29, 0.717) is 0 Å². The van der Waals surface area contributed by atoms with Crippen molar-refractivity contribution in [3.63, 3.8) is 0 Å². The summed E-state index contributed by atoms with van der Waals surface area (Å²) in [4.78, 5) is 24.1. The Kier molecular flexibility index (Phi) is 24.5. The van der Waals surface area contributed by atoms with Gasteiger partial charge in [0.15, 0.2) is 0 Å². The van der Waals surface area contributed by atoms with E-state index in [-0.39, 0.29) is 33.0 Å². The van der Waals surface area contributed by atoms with Gasteiger partial charge in [0.25, 0.3) is 0 Å². The first kappa shape index (κ1) is 53.6. The first-order valence-electron chi connectivity index (χ1n) is 17.9. The van der Waals surface area contributed by atoms with Crippen molar-refractivity contribution in [2.75, 3.05) is 0 Å². The Morgan fingerprint density at radius 1 is 0.411 bits per heavy atom. The summed E-state index contributed by atoms with van der Waals surface area (Å²) in [6.45, 7) is 33.6. The average Bonchev–Trinajstić information content (AvgIpc) is 3.06. The van der Waals surface area contributed by atoms with Gasteiger partial charge in [-0.05, 0) is 119 Å². The molecule has 0 aliphatic carbocycles. The number of hydrogen-bond acceptors (Lipinski definition) is 4. The number of nitroso groups, excluding NO2 is 2. The van der Waals surface area contributed by atoms with Crippen LogP contribution in [0, 0.1) is 92.9 Å². The van der Waals surface area contributed by atoms with E-state index in [9.17, 15) is 0 Å². The second kappa shape index (κ2) is 25.6. The fourth-order valence-corrected chi connectivity index (χ4v) is 6.83. The van der Waals surface area contributed by atoms with Crippen molar-refractivity contribution in [3.05, 3.63) is 159 Å². The first-order chi connectivity index (χ1) is 25.3. The van der Waals surface area contributed by atoms with Crippen LogP contribution in [-0.2, 0) is 33.0 Å². The van der Waals surface area contributed by atoms with Gasteiger partial charge in [-0.3, -0.25) is 9.98 Å². The van der Waals surface area contributed by atoms with Crippen LogP contribution in [0.4, 0.5) is 22.7 Å². The van der Waals surface area contributed by atoms with Crippen LogP contribution in [0.1, 0.15) is 94.5 Å². The van der Waals surface area contributed by atoms with Crippen LogP contribution < -0.4 is 11.2 Å². The van der Waals surface area contributed by atoms with Crippen LogP contribution in [0.15, 0.2) is 82.1 Å². The number of aryl methyl sites for hydroxylation is 12. The van der Waals surface area contributed by atoms with Crippen molar-refractivity contribution >= 4 is 34.2 Å². The molecule has 0 bridgehead atoms. The minimum atomic E-state index is 0. The third-order valence-corrected chi connectivity index (χ3v) is 8.53. The Morgan fingerprint density at radius 2 is 0.607 bits per heavy atom. The normalized spacial score (nSPS) is 11.3. The number of allylic oxidation sites excluding steroid dienone is 4. The van der Waals surface area contributed by atoms with Gasteiger partial charge in [0.05, 0.1) is 11.4 Å². The molecule has 0 spiro atoms. The van der Waals surface area contributed by atoms with E-state index in [4.69, 9.17) is 41.6 Å². The van der Waals surface area contributed by atoms with Crippen LogP contribution >= 0.6 is 0 Å². The minimum absolute atomic E-state index is 0. The van der Waals surface area contributed by atoms with Gasteiger partial charge in [-0.15, -0.1) is 21.2 Å². The summed E-state index contributed by atoms with van der Waals surface area (Å²) >= 11 is 0. The number of aliphatic imine (C=N–C) groups is 2. The summed E-state index contributed by atoms with van der Waals surface area (Å²) in [5.74, 6) is 0. The molecule has 4 aromatic carbocycles. The number of nitrogens with zero attached hydrogens (tertiary/aromatic N) is 6. The van der Waals surface area contributed by atoms with E-state index in [2.05, 4.69) is 144 Å². The molecule has 306 valence electrons. The Labute approximate surface area is 356 Å². The van der Waals surface area contributed by atoms with E-state index >= 15 is 0 Å². The number of rotatable bonds is 8. The fourth-order valence-electron chi connectivity index (χ4n) is 6.83. The SMILES string of the molecule is CC(/C=C(/C)[N-]c1c(C)cc(C)cc1C)=Nc1c(C)cc(C)cc1C.CC(/C=C(/C)[N-]c1c(C)cc(C)cc1C)=Nc1c(C)cc(C)cc1C.[N]=O.[N]=O.[Ni].[Ni]. The maximum Gasteiger partial charge on any atom is 0.120 e. The van der Waals surface area contributed by atoms with Gasteiger partial charge in [0.1, 0.15) is 11.2 Å². The van der Waals surface area contributed by atoms with Crippen molar-refractivity contribution in [2.24, 2.45) is 9.98 Å². The Balaban J connectivity index is 0. The van der Waals surface area contributed by atoms with Gasteiger partial charge >= 0.3 is 0 Å². The summed E-state index contributed by atoms with van der Waals surface area (Å²) in [5, 5.41) is 9.64. The van der Waals surface area contributed by atoms with E-state index in [1.165, 1.54) is 66.8 Å². The van der Waals surface area contributed by atoms with E-state index < -0.39 is 0 Å². The second-order valence-electron chi connectivity index (χ2n) is 14.3. The third-order valence-electron chi connectivity index (χ3n) is 8.53. The summed E-state index contributed by atoms with van der Waals surface area (Å²) in [6, 6.07) is 17.4. The summed E-state index contributed by atoms with van der Waals surface area (Å²) in [5.41, 5.74) is 34.5. The topological polar surface area (TPSA) is 132 Å². The maximum atomic E-state index is 7.25. The summed E-state index contributed by atoms with van der Waals surface area (Å²) in [6.07, 6.45) is 4.11. The summed E-state index contributed by atoms with van der Waals surface area (Å²) < 4.78 is 0. The molecule has 0 saturated heterocycles. The molecule has 0 aliphatic heterocycles. The van der Waals surface area contributed by atoms with Gasteiger partial charge in [-0.1, -0.05) is 119 Å². The van der Waals surface area contributed by atoms with Crippen LogP contribution in [0.5, 0.6) is 0 Å². The van der Waals surface area contributed by atoms with Crippen LogP contribution in [0.2, 0.25) is 0 Å². The van der Waals surface area contributed by atoms with Crippen molar-refractivity contribution in [3.8, 4) is 0 Å². The largest absolute Gasteiger partial charge is 0.661 e. The standard InChI is InChI=1S/2C23H29N2.2NO.2Ni/c2*1-14-9-16(3)22(17(4)10-14)24-20(7)13-21(8)25-23-18(5)11-15(2)12-19(23)6;2*1-2;;/h2*9-13H,1-8H3;;;;/q2*-1;;;;/b2*20-13-,25-21?;;;;. The molecule has 10 heteroatoms. The molecule has 56 heavy (non-hydrogen) atoms. The fraction of sp³-hybridized carbons (Fsp3) is 0.348. The predicted octanol–water partition coefficient (Wildman–Crippen LogP) is 13.6. The van der Waals surface area contributed by atoms with E-state index in [1.54, 1.807) is 0 Å². The molecule has 0 amide bonds. The van der Waals surface area contributed by atoms with E-state index in [0.717, 1.165) is 45.6 Å². The van der Waals surface area contributed by atoms with Crippen LogP contribution in [0.3, 0.4) is 0 Å². The molecule has 0 unspecified atom stereocenters. The molecule has 0 fully saturated rings. The zero-order valence-electron chi connectivity index (χ0n) is 35.9. The molecule has 4 rings (SSSR count). The Morgan fingerprint density at radius 3 is 0.821 bits per heavy atom. The zero-order chi connectivity index (χ0) is 41.4. The molecule has 0 atom stereocenters. The molecule has 0 aliphatic rings. The molecule has 0 saturated carbocycles. The van der Waals surface area contributed by atoms with E-state index in [1.807, 2.05) is 27.7 Å². The molecule has 0 aromatic heterocycles. The number of hydrogen-bond donors (Lipinski definition) is 0. The van der Waals surface area contributed by atoms with Gasteiger partial charge in [-0.25, -0.2) is 0 Å². The molecular weight excluding hydrogens is 786 g/mol. The second-order valence-corrected chi connectivity index (χ2v) is 14.3. The van der Waals surface area contributed by atoms with Crippen LogP contribution in [-0.4, -0.2) is 11.4 Å². The maximum absolute atomic E-state index is 7.25. The predicted molar refractivity (Wildman–Crippen MR) is 233 cm³/mol. The average molecular weight is 844 g/mol. The molecule has 0 N–H and O–H groups in total. The van der Waals surface area contributed by atoms with Crippen molar-refractivity contribution < 1.29 is 33.0 Å². The molecule has 0 heterocycles. The van der Waals surface area contributed by atoms with Gasteiger partial charge < -0.3 is 10.6 Å². The Bertz CT molecular complexity index is 1830. The van der Waals surface area contributed by atoms with Crippen molar-refractivity contribution in [1.82, 2.24) is 11.2 Å². The van der Waals surface area contributed by atoms with Gasteiger partial charge in [0.2, 0.25) is 0 Å². The quantitative estimate of drug-likeness (QED) is 0.129. The van der Waals surface area contributed by atoms with Crippen molar-refractivity contribution in [1.29, 1.82) is 0 Å². The Hall–Kier alpha value is -4.51. The summed E-state index contributed by atoms with van der Waals surface area (Å²) in [7, 11) is 0. The minimum Gasteiger partial charge on any atom is -0.661 e. The first-order valence-corrected chi connectivity index (χ1v) is 17.9. The van der Waals surface area contributed by atoms with Crippen LogP contribution in [0.25, 0.3) is 10.6 Å². The molecule has 4 aromatic rings. The van der Waals surface area contributed by atoms with Gasteiger partial charge in [-0.2, -0.15) is 11.4 Å². The van der Waals surface area contributed by atoms with Gasteiger partial charge in [0, 0.05) is 44.4 Å². The van der Waals surface area contributed by atoms with Crippen molar-refractivity contribution in [2.45, 2.75) is 111 Å². The third kappa shape index (κ3) is 16.7.